The Bertz CT molecular complexity index is 509. The van der Waals surface area contributed by atoms with Gasteiger partial charge in [-0.25, -0.2) is 0 Å². The van der Waals surface area contributed by atoms with Gasteiger partial charge in [0.25, 0.3) is 0 Å². The number of pyridine rings is 1. The average molecular weight is 216 g/mol. The van der Waals surface area contributed by atoms with Crippen molar-refractivity contribution in [2.24, 2.45) is 5.73 Å². The lowest BCUT2D eigenvalue weighted by Gasteiger charge is -2.10. The molecule has 3 heteroatoms. The minimum atomic E-state index is 0.613. The minimum Gasteiger partial charge on any atom is -0.496 e. The predicted octanol–water partition coefficient (Wildman–Crippen LogP) is 2.05. The Hall–Kier alpha value is -1.61. The maximum absolute atomic E-state index is 5.58. The summed E-state index contributed by atoms with van der Waals surface area (Å²) in [5.74, 6) is 0.929. The second-order valence-corrected chi connectivity index (χ2v) is 3.81. The van der Waals surface area contributed by atoms with E-state index in [4.69, 9.17) is 10.5 Å². The number of aromatic nitrogens is 1. The van der Waals surface area contributed by atoms with Gasteiger partial charge in [-0.1, -0.05) is 12.1 Å². The topological polar surface area (TPSA) is 48.1 Å². The van der Waals surface area contributed by atoms with E-state index in [1.54, 1.807) is 7.11 Å². The number of nitrogens with zero attached hydrogens (tertiary/aromatic N) is 1. The lowest BCUT2D eigenvalue weighted by atomic mass is 10.0. The molecular formula is C13H16N2O. The van der Waals surface area contributed by atoms with Gasteiger partial charge in [-0.15, -0.1) is 0 Å². The zero-order chi connectivity index (χ0) is 11.5. The molecule has 0 amide bonds. The quantitative estimate of drug-likeness (QED) is 0.854. The molecule has 0 atom stereocenters. The van der Waals surface area contributed by atoms with E-state index in [-0.39, 0.29) is 0 Å². The number of hydrogen-bond donors (Lipinski definition) is 1. The molecule has 2 N–H and O–H groups in total. The zero-order valence-electron chi connectivity index (χ0n) is 9.66. The van der Waals surface area contributed by atoms with E-state index < -0.39 is 0 Å². The summed E-state index contributed by atoms with van der Waals surface area (Å²) in [5, 5.41) is 2.25. The van der Waals surface area contributed by atoms with E-state index in [0.29, 0.717) is 6.54 Å². The lowest BCUT2D eigenvalue weighted by molar-refractivity contribution is 0.417. The third kappa shape index (κ3) is 1.74. The van der Waals surface area contributed by atoms with Crippen molar-refractivity contribution in [2.45, 2.75) is 13.3 Å². The molecule has 0 aliphatic carbocycles. The van der Waals surface area contributed by atoms with Crippen molar-refractivity contribution in [3.05, 3.63) is 35.7 Å². The molecule has 0 aliphatic heterocycles. The molecule has 0 unspecified atom stereocenters. The summed E-state index contributed by atoms with van der Waals surface area (Å²) in [6.45, 7) is 2.66. The summed E-state index contributed by atoms with van der Waals surface area (Å²) < 4.78 is 5.43. The van der Waals surface area contributed by atoms with Crippen molar-refractivity contribution in [2.75, 3.05) is 13.7 Å². The Kier molecular flexibility index (Phi) is 3.06. The summed E-state index contributed by atoms with van der Waals surface area (Å²) in [6, 6.07) is 6.13. The third-order valence-corrected chi connectivity index (χ3v) is 2.76. The van der Waals surface area contributed by atoms with E-state index >= 15 is 0 Å². The number of nitrogens with two attached hydrogens (primary N) is 1. The van der Waals surface area contributed by atoms with Gasteiger partial charge in [-0.3, -0.25) is 4.98 Å². The van der Waals surface area contributed by atoms with Crippen molar-refractivity contribution in [3.8, 4) is 5.75 Å². The van der Waals surface area contributed by atoms with Gasteiger partial charge in [0.15, 0.2) is 0 Å². The summed E-state index contributed by atoms with van der Waals surface area (Å²) in [4.78, 5) is 4.37. The van der Waals surface area contributed by atoms with Gasteiger partial charge in [0.2, 0.25) is 0 Å². The highest BCUT2D eigenvalue weighted by atomic mass is 16.5. The van der Waals surface area contributed by atoms with Crippen molar-refractivity contribution < 1.29 is 4.74 Å². The molecule has 0 spiro atoms. The van der Waals surface area contributed by atoms with Gasteiger partial charge < -0.3 is 10.5 Å². The normalized spacial score (nSPS) is 10.7. The molecule has 84 valence electrons. The van der Waals surface area contributed by atoms with Gasteiger partial charge in [0, 0.05) is 29.1 Å². The lowest BCUT2D eigenvalue weighted by Crippen LogP contribution is -2.05. The first-order chi connectivity index (χ1) is 7.77. The molecule has 0 aliphatic rings. The number of benzene rings is 1. The van der Waals surface area contributed by atoms with Crippen LogP contribution in [-0.4, -0.2) is 18.6 Å². The maximum Gasteiger partial charge on any atom is 0.129 e. The largest absolute Gasteiger partial charge is 0.496 e. The molecule has 1 heterocycles. The van der Waals surface area contributed by atoms with Crippen molar-refractivity contribution in [1.29, 1.82) is 0 Å². The fraction of sp³-hybridized carbons (Fsp3) is 0.308. The van der Waals surface area contributed by atoms with Crippen LogP contribution in [0.15, 0.2) is 24.4 Å². The molecule has 0 fully saturated rings. The van der Waals surface area contributed by atoms with E-state index in [0.717, 1.165) is 34.2 Å². The van der Waals surface area contributed by atoms with Crippen LogP contribution in [-0.2, 0) is 6.42 Å². The molecule has 0 saturated heterocycles. The Labute approximate surface area is 95.2 Å². The van der Waals surface area contributed by atoms with Gasteiger partial charge >= 0.3 is 0 Å². The Balaban J connectivity index is 2.71. The smallest absolute Gasteiger partial charge is 0.129 e. The monoisotopic (exact) mass is 216 g/mol. The van der Waals surface area contributed by atoms with Crippen LogP contribution in [0.3, 0.4) is 0 Å². The molecule has 1 aromatic heterocycles. The molecule has 1 aromatic carbocycles. The SMILES string of the molecule is COc1c(C)ccc2c(CCN)nccc12. The first kappa shape index (κ1) is 10.9. The van der Waals surface area contributed by atoms with Crippen LogP contribution in [0, 0.1) is 6.92 Å². The van der Waals surface area contributed by atoms with Gasteiger partial charge in [-0.05, 0) is 25.1 Å². The van der Waals surface area contributed by atoms with Crippen LogP contribution in [0.1, 0.15) is 11.3 Å². The molecule has 3 nitrogen and oxygen atoms in total. The molecule has 2 rings (SSSR count). The predicted molar refractivity (Wildman–Crippen MR) is 65.8 cm³/mol. The van der Waals surface area contributed by atoms with E-state index in [1.807, 2.05) is 19.2 Å². The molecule has 0 radical (unpaired) electrons. The van der Waals surface area contributed by atoms with Crippen LogP contribution in [0.5, 0.6) is 5.75 Å². The second kappa shape index (κ2) is 4.49. The van der Waals surface area contributed by atoms with E-state index in [2.05, 4.69) is 17.1 Å². The van der Waals surface area contributed by atoms with Crippen LogP contribution in [0.2, 0.25) is 0 Å². The fourth-order valence-electron chi connectivity index (χ4n) is 2.00. The number of hydrogen-bond acceptors (Lipinski definition) is 3. The number of methoxy groups -OCH3 is 1. The summed E-state index contributed by atoms with van der Waals surface area (Å²) in [5.41, 5.74) is 7.76. The molecule has 2 aromatic rings. The summed E-state index contributed by atoms with van der Waals surface area (Å²) in [6.07, 6.45) is 2.61. The number of ether oxygens (including phenoxy) is 1. The molecule has 0 bridgehead atoms. The number of fused-ring (bicyclic) bond motifs is 1. The highest BCUT2D eigenvalue weighted by Gasteiger charge is 2.08. The average Bonchev–Trinajstić information content (AvgIpc) is 2.29. The highest BCUT2D eigenvalue weighted by Crippen LogP contribution is 2.30. The van der Waals surface area contributed by atoms with Gasteiger partial charge in [0.05, 0.1) is 7.11 Å². The first-order valence-corrected chi connectivity index (χ1v) is 5.39. The Morgan fingerprint density at radius 3 is 2.75 bits per heavy atom. The van der Waals surface area contributed by atoms with E-state index in [1.165, 1.54) is 0 Å². The van der Waals surface area contributed by atoms with E-state index in [9.17, 15) is 0 Å². The van der Waals surface area contributed by atoms with Crippen molar-refractivity contribution >= 4 is 10.8 Å². The van der Waals surface area contributed by atoms with Crippen molar-refractivity contribution in [3.63, 3.8) is 0 Å². The molecule has 16 heavy (non-hydrogen) atoms. The van der Waals surface area contributed by atoms with Crippen LogP contribution < -0.4 is 10.5 Å². The van der Waals surface area contributed by atoms with Crippen molar-refractivity contribution in [1.82, 2.24) is 4.98 Å². The van der Waals surface area contributed by atoms with Crippen LogP contribution >= 0.6 is 0 Å². The van der Waals surface area contributed by atoms with Crippen LogP contribution in [0.25, 0.3) is 10.8 Å². The van der Waals surface area contributed by atoms with Gasteiger partial charge in [0.1, 0.15) is 5.75 Å². The summed E-state index contributed by atoms with van der Waals surface area (Å²) in [7, 11) is 1.70. The standard InChI is InChI=1S/C13H16N2O/c1-9-3-4-10-11(13(9)16-2)6-8-15-12(10)5-7-14/h3-4,6,8H,5,7,14H2,1-2H3. The molecular weight excluding hydrogens is 200 g/mol. The zero-order valence-corrected chi connectivity index (χ0v) is 9.66. The van der Waals surface area contributed by atoms with Crippen LogP contribution in [0.4, 0.5) is 0 Å². The third-order valence-electron chi connectivity index (χ3n) is 2.76. The highest BCUT2D eigenvalue weighted by molar-refractivity contribution is 5.91. The van der Waals surface area contributed by atoms with Gasteiger partial charge in [-0.2, -0.15) is 0 Å². The second-order valence-electron chi connectivity index (χ2n) is 3.81. The Morgan fingerprint density at radius 1 is 1.25 bits per heavy atom. The number of aryl methyl sites for hydroxylation is 1. The summed E-state index contributed by atoms with van der Waals surface area (Å²) >= 11 is 0. The minimum absolute atomic E-state index is 0.613. The molecule has 0 saturated carbocycles. The number of rotatable bonds is 3. The fourth-order valence-corrected chi connectivity index (χ4v) is 2.00. The maximum atomic E-state index is 5.58. The Morgan fingerprint density at radius 2 is 2.06 bits per heavy atom. The first-order valence-electron chi connectivity index (χ1n) is 5.39.